The molecule has 0 aromatic rings. The molecule has 1 fully saturated rings. The van der Waals surface area contributed by atoms with Gasteiger partial charge in [0.25, 0.3) is 0 Å². The van der Waals surface area contributed by atoms with Gasteiger partial charge in [-0.05, 0) is 37.3 Å². The SMILES string of the molecule is NCC1=CC=CCC(OC2CCCC2)=C1. The normalized spacial score (nSPS) is 22.2. The minimum Gasteiger partial charge on any atom is -0.494 e. The van der Waals surface area contributed by atoms with Crippen LogP contribution in [0.5, 0.6) is 0 Å². The van der Waals surface area contributed by atoms with Crippen molar-refractivity contribution >= 4 is 0 Å². The third kappa shape index (κ3) is 2.96. The third-order valence-corrected chi connectivity index (χ3v) is 2.97. The molecule has 0 radical (unpaired) electrons. The minimum atomic E-state index is 0.446. The molecule has 0 heterocycles. The topological polar surface area (TPSA) is 35.2 Å². The van der Waals surface area contributed by atoms with Gasteiger partial charge in [0.15, 0.2) is 0 Å². The second-order valence-corrected chi connectivity index (χ2v) is 4.21. The van der Waals surface area contributed by atoms with Gasteiger partial charge in [0.05, 0.1) is 6.10 Å². The Labute approximate surface area is 91.5 Å². The van der Waals surface area contributed by atoms with Gasteiger partial charge >= 0.3 is 0 Å². The van der Waals surface area contributed by atoms with Crippen molar-refractivity contribution in [1.82, 2.24) is 0 Å². The van der Waals surface area contributed by atoms with Crippen molar-refractivity contribution < 1.29 is 4.74 Å². The first-order chi connectivity index (χ1) is 7.38. The molecule has 0 saturated heterocycles. The van der Waals surface area contributed by atoms with Crippen LogP contribution in [-0.4, -0.2) is 12.6 Å². The summed E-state index contributed by atoms with van der Waals surface area (Å²) in [6.45, 7) is 0.585. The van der Waals surface area contributed by atoms with Crippen molar-refractivity contribution in [1.29, 1.82) is 0 Å². The second-order valence-electron chi connectivity index (χ2n) is 4.21. The molecule has 0 unspecified atom stereocenters. The van der Waals surface area contributed by atoms with Gasteiger partial charge in [0, 0.05) is 13.0 Å². The van der Waals surface area contributed by atoms with Gasteiger partial charge in [-0.2, -0.15) is 0 Å². The predicted octanol–water partition coefficient (Wildman–Crippen LogP) is 2.67. The first-order valence-corrected chi connectivity index (χ1v) is 5.81. The fraction of sp³-hybridized carbons (Fsp3) is 0.538. The quantitative estimate of drug-likeness (QED) is 0.768. The van der Waals surface area contributed by atoms with Crippen LogP contribution in [0.15, 0.2) is 35.6 Å². The van der Waals surface area contributed by atoms with Gasteiger partial charge < -0.3 is 10.5 Å². The predicted molar refractivity (Wildman–Crippen MR) is 62.3 cm³/mol. The molecule has 0 aromatic carbocycles. The molecule has 2 nitrogen and oxygen atoms in total. The van der Waals surface area contributed by atoms with E-state index in [1.54, 1.807) is 0 Å². The lowest BCUT2D eigenvalue weighted by Gasteiger charge is -2.15. The van der Waals surface area contributed by atoms with Crippen molar-refractivity contribution in [3.63, 3.8) is 0 Å². The van der Waals surface area contributed by atoms with Crippen LogP contribution in [0.2, 0.25) is 0 Å². The highest BCUT2D eigenvalue weighted by Gasteiger charge is 2.17. The van der Waals surface area contributed by atoms with Crippen LogP contribution in [0.4, 0.5) is 0 Å². The summed E-state index contributed by atoms with van der Waals surface area (Å²) in [5, 5.41) is 0. The van der Waals surface area contributed by atoms with Gasteiger partial charge in [-0.3, -0.25) is 0 Å². The van der Waals surface area contributed by atoms with Crippen molar-refractivity contribution in [3.8, 4) is 0 Å². The maximum Gasteiger partial charge on any atom is 0.100 e. The summed E-state index contributed by atoms with van der Waals surface area (Å²) in [7, 11) is 0. The molecule has 15 heavy (non-hydrogen) atoms. The molecule has 0 aromatic heterocycles. The lowest BCUT2D eigenvalue weighted by atomic mass is 10.2. The van der Waals surface area contributed by atoms with Crippen LogP contribution in [0.25, 0.3) is 0 Å². The highest BCUT2D eigenvalue weighted by molar-refractivity contribution is 5.30. The highest BCUT2D eigenvalue weighted by atomic mass is 16.5. The Balaban J connectivity index is 1.98. The van der Waals surface area contributed by atoms with Gasteiger partial charge in [-0.15, -0.1) is 0 Å². The number of ether oxygens (including phenoxy) is 1. The molecule has 2 N–H and O–H groups in total. The van der Waals surface area contributed by atoms with E-state index < -0.39 is 0 Å². The summed E-state index contributed by atoms with van der Waals surface area (Å²) in [4.78, 5) is 0. The van der Waals surface area contributed by atoms with Gasteiger partial charge in [0.1, 0.15) is 5.76 Å². The van der Waals surface area contributed by atoms with Gasteiger partial charge in [0.2, 0.25) is 0 Å². The van der Waals surface area contributed by atoms with E-state index in [4.69, 9.17) is 10.5 Å². The van der Waals surface area contributed by atoms with E-state index in [1.165, 1.54) is 25.7 Å². The van der Waals surface area contributed by atoms with Crippen molar-refractivity contribution in [3.05, 3.63) is 35.6 Å². The van der Waals surface area contributed by atoms with Crippen LogP contribution in [0, 0.1) is 0 Å². The maximum absolute atomic E-state index is 5.98. The highest BCUT2D eigenvalue weighted by Crippen LogP contribution is 2.25. The van der Waals surface area contributed by atoms with Crippen molar-refractivity contribution in [2.24, 2.45) is 5.73 Å². The Bertz CT molecular complexity index is 296. The summed E-state index contributed by atoms with van der Waals surface area (Å²) in [5.74, 6) is 1.08. The number of rotatable bonds is 3. The molecule has 2 rings (SSSR count). The van der Waals surface area contributed by atoms with E-state index in [1.807, 2.05) is 0 Å². The fourth-order valence-corrected chi connectivity index (χ4v) is 2.12. The Kier molecular flexibility index (Phi) is 3.62. The molecular weight excluding hydrogens is 186 g/mol. The zero-order valence-corrected chi connectivity index (χ0v) is 9.11. The molecule has 0 bridgehead atoms. The Morgan fingerprint density at radius 1 is 1.33 bits per heavy atom. The maximum atomic E-state index is 5.98. The minimum absolute atomic E-state index is 0.446. The van der Waals surface area contributed by atoms with E-state index >= 15 is 0 Å². The summed E-state index contributed by atoms with van der Waals surface area (Å²) < 4.78 is 5.98. The molecule has 0 spiro atoms. The van der Waals surface area contributed by atoms with Crippen molar-refractivity contribution in [2.75, 3.05) is 6.54 Å². The van der Waals surface area contributed by atoms with Gasteiger partial charge in [-0.25, -0.2) is 0 Å². The fourth-order valence-electron chi connectivity index (χ4n) is 2.12. The van der Waals surface area contributed by atoms with Crippen LogP contribution in [-0.2, 0) is 4.74 Å². The summed E-state index contributed by atoms with van der Waals surface area (Å²) in [5.41, 5.74) is 6.79. The van der Waals surface area contributed by atoms with Crippen LogP contribution >= 0.6 is 0 Å². The Hall–Kier alpha value is -1.02. The molecule has 1 saturated carbocycles. The molecule has 2 aliphatic carbocycles. The molecule has 82 valence electrons. The lowest BCUT2D eigenvalue weighted by Crippen LogP contribution is -2.08. The zero-order chi connectivity index (χ0) is 10.5. The average molecular weight is 205 g/mol. The van der Waals surface area contributed by atoms with E-state index in [9.17, 15) is 0 Å². The molecule has 2 aliphatic rings. The standard InChI is InChI=1S/C13H19NO/c14-10-11-5-1-2-8-13(9-11)15-12-6-3-4-7-12/h1-2,5,9,12H,3-4,6-8,10,14H2. The van der Waals surface area contributed by atoms with E-state index in [2.05, 4.69) is 24.3 Å². The smallest absolute Gasteiger partial charge is 0.100 e. The van der Waals surface area contributed by atoms with Crippen molar-refractivity contribution in [2.45, 2.75) is 38.2 Å². The molecule has 2 heteroatoms. The lowest BCUT2D eigenvalue weighted by molar-refractivity contribution is 0.119. The number of nitrogens with two attached hydrogens (primary N) is 1. The number of hydrogen-bond acceptors (Lipinski definition) is 2. The third-order valence-electron chi connectivity index (χ3n) is 2.97. The zero-order valence-electron chi connectivity index (χ0n) is 9.11. The van der Waals surface area contributed by atoms with Crippen LogP contribution in [0.1, 0.15) is 32.1 Å². The summed E-state index contributed by atoms with van der Waals surface area (Å²) in [6.07, 6.45) is 14.7. The average Bonchev–Trinajstić information content (AvgIpc) is 2.64. The Morgan fingerprint density at radius 2 is 2.13 bits per heavy atom. The molecular formula is C13H19NO. The monoisotopic (exact) mass is 205 g/mol. The molecule has 0 atom stereocenters. The molecule has 0 aliphatic heterocycles. The van der Waals surface area contributed by atoms with E-state index in [0.717, 1.165) is 17.8 Å². The first kappa shape index (κ1) is 10.5. The summed E-state index contributed by atoms with van der Waals surface area (Å²) in [6, 6.07) is 0. The van der Waals surface area contributed by atoms with Gasteiger partial charge in [-0.1, -0.05) is 18.2 Å². The largest absolute Gasteiger partial charge is 0.494 e. The van der Waals surface area contributed by atoms with Crippen LogP contribution < -0.4 is 5.73 Å². The first-order valence-electron chi connectivity index (χ1n) is 5.81. The summed E-state index contributed by atoms with van der Waals surface area (Å²) >= 11 is 0. The number of allylic oxidation sites excluding steroid dienone is 3. The second kappa shape index (κ2) is 5.17. The van der Waals surface area contributed by atoms with E-state index in [-0.39, 0.29) is 0 Å². The Morgan fingerprint density at radius 3 is 2.87 bits per heavy atom. The molecule has 0 amide bonds. The van der Waals surface area contributed by atoms with E-state index in [0.29, 0.717) is 12.6 Å². The van der Waals surface area contributed by atoms with Crippen LogP contribution in [0.3, 0.4) is 0 Å². The number of hydrogen-bond donors (Lipinski definition) is 1.